The van der Waals surface area contributed by atoms with Gasteiger partial charge < -0.3 is 21.3 Å². The molecule has 386 valence electrons. The summed E-state index contributed by atoms with van der Waals surface area (Å²) in [5.74, 6) is 0. The Hall–Kier alpha value is -0.160. The van der Waals surface area contributed by atoms with E-state index in [9.17, 15) is 0 Å². The second kappa shape index (κ2) is 57.2. The zero-order valence-corrected chi connectivity index (χ0v) is 45.4. The molecule has 0 heterocycles. The molecule has 0 bridgehead atoms. The molecule has 64 heavy (non-hydrogen) atoms. The molecule has 0 rings (SSSR count). The second-order valence-corrected chi connectivity index (χ2v) is 21.2. The highest BCUT2D eigenvalue weighted by molar-refractivity contribution is 4.88. The fraction of sp³-hybridized carbons (Fsp3) is 1.00. The lowest BCUT2D eigenvalue weighted by atomic mass is 9.81. The van der Waals surface area contributed by atoms with Crippen LogP contribution in [0.15, 0.2) is 0 Å². The molecule has 4 N–H and O–H groups in total. The van der Waals surface area contributed by atoms with Crippen LogP contribution in [0.5, 0.6) is 0 Å². The summed E-state index contributed by atoms with van der Waals surface area (Å²) in [5.41, 5.74) is 0.344. The zero-order valence-electron chi connectivity index (χ0n) is 45.4. The normalized spacial score (nSPS) is 12.0. The van der Waals surface area contributed by atoms with Gasteiger partial charge in [-0.3, -0.25) is 0 Å². The van der Waals surface area contributed by atoms with E-state index in [-0.39, 0.29) is 0 Å². The average Bonchev–Trinajstić information content (AvgIpc) is 3.30. The maximum atomic E-state index is 4.31. The van der Waals surface area contributed by atoms with Crippen molar-refractivity contribution in [2.24, 2.45) is 0 Å². The van der Waals surface area contributed by atoms with E-state index in [2.05, 4.69) is 49.0 Å². The van der Waals surface area contributed by atoms with Crippen LogP contribution >= 0.6 is 0 Å². The molecule has 4 heteroatoms. The summed E-state index contributed by atoms with van der Waals surface area (Å²) in [6, 6.07) is 0. The summed E-state index contributed by atoms with van der Waals surface area (Å²) in [5, 5.41) is 15.5. The number of nitrogens with one attached hydrogen (secondary N) is 4. The fourth-order valence-corrected chi connectivity index (χ4v) is 10.3. The molecule has 0 aromatic carbocycles. The Morgan fingerprint density at radius 1 is 0.188 bits per heavy atom. The molecule has 0 aliphatic carbocycles. The number of hydrogen-bond donors (Lipinski definition) is 4. The Kier molecular flexibility index (Phi) is 57.0. The van der Waals surface area contributed by atoms with Crippen molar-refractivity contribution in [1.82, 2.24) is 21.3 Å². The minimum absolute atomic E-state index is 0.344. The molecule has 0 saturated carbocycles. The van der Waals surface area contributed by atoms with Gasteiger partial charge in [0.1, 0.15) is 0 Å². The minimum atomic E-state index is 0.344. The van der Waals surface area contributed by atoms with Gasteiger partial charge in [0.2, 0.25) is 0 Å². The first-order valence-corrected chi connectivity index (χ1v) is 30.6. The van der Waals surface area contributed by atoms with Gasteiger partial charge in [0.05, 0.1) is 0 Å². The zero-order chi connectivity index (χ0) is 46.2. The van der Waals surface area contributed by atoms with Crippen LogP contribution in [0.3, 0.4) is 0 Å². The molecule has 0 atom stereocenters. The summed E-state index contributed by atoms with van der Waals surface area (Å²) in [4.78, 5) is 0. The van der Waals surface area contributed by atoms with Crippen molar-refractivity contribution < 1.29 is 0 Å². The van der Waals surface area contributed by atoms with Crippen LogP contribution in [-0.4, -0.2) is 51.4 Å². The second-order valence-electron chi connectivity index (χ2n) is 21.2. The molecule has 0 saturated heterocycles. The van der Waals surface area contributed by atoms with E-state index in [4.69, 9.17) is 0 Å². The quantitative estimate of drug-likeness (QED) is 0.0460. The van der Waals surface area contributed by atoms with Crippen molar-refractivity contribution in [2.75, 3.05) is 45.8 Å². The summed E-state index contributed by atoms with van der Waals surface area (Å²) in [6.45, 7) is 17.0. The molecule has 0 spiro atoms. The largest absolute Gasteiger partial charge is 0.315 e. The van der Waals surface area contributed by atoms with Gasteiger partial charge >= 0.3 is 0 Å². The molecule has 0 aliphatic heterocycles. The predicted molar refractivity (Wildman–Crippen MR) is 294 cm³/mol. The standard InChI is InChI=1S/C60H126N4/c1-5-9-13-17-21-25-29-33-37-41-45-49-53-61-54-55-62-56-57-63-58-59-64-60(50-46-42-38-34-30-26-22-18-14-10-6-2,51-47-43-39-35-31-27-23-19-15-11-7-3)52-48-44-40-36-32-28-24-20-16-12-8-4/h61-64H,5-59H2,1-4H3. The van der Waals surface area contributed by atoms with E-state index in [0.717, 1.165) is 39.3 Å². The maximum absolute atomic E-state index is 4.31. The summed E-state index contributed by atoms with van der Waals surface area (Å²) >= 11 is 0. The molecule has 4 nitrogen and oxygen atoms in total. The fourth-order valence-electron chi connectivity index (χ4n) is 10.3. The minimum Gasteiger partial charge on any atom is -0.315 e. The number of hydrogen-bond acceptors (Lipinski definition) is 4. The van der Waals surface area contributed by atoms with Crippen LogP contribution in [0.4, 0.5) is 0 Å². The number of unbranched alkanes of at least 4 members (excludes halogenated alkanes) is 41. The van der Waals surface area contributed by atoms with Crippen molar-refractivity contribution in [2.45, 2.75) is 341 Å². The molecule has 0 amide bonds. The first-order chi connectivity index (χ1) is 31.7. The SMILES string of the molecule is CCCCCCCCCCCCCCNCCNCCNCCNC(CCCCCCCCCCCCC)(CCCCCCCCCCCCC)CCCCCCCCCCCCC. The summed E-state index contributed by atoms with van der Waals surface area (Å²) < 4.78 is 0. The third-order valence-corrected chi connectivity index (χ3v) is 14.7. The molecular formula is C60H126N4. The van der Waals surface area contributed by atoms with Gasteiger partial charge in [0.25, 0.3) is 0 Å². The van der Waals surface area contributed by atoms with E-state index in [1.807, 2.05) is 0 Å². The van der Waals surface area contributed by atoms with E-state index in [1.165, 1.54) is 315 Å². The van der Waals surface area contributed by atoms with E-state index in [0.29, 0.717) is 5.54 Å². The average molecular weight is 904 g/mol. The van der Waals surface area contributed by atoms with Gasteiger partial charge in [-0.1, -0.05) is 310 Å². The first kappa shape index (κ1) is 63.8. The maximum Gasteiger partial charge on any atom is 0.0182 e. The van der Waals surface area contributed by atoms with Gasteiger partial charge in [-0.05, 0) is 32.2 Å². The van der Waals surface area contributed by atoms with E-state index < -0.39 is 0 Å². The van der Waals surface area contributed by atoms with Gasteiger partial charge in [-0.25, -0.2) is 0 Å². The Bertz CT molecular complexity index is 738. The lowest BCUT2D eigenvalue weighted by Gasteiger charge is -2.36. The topological polar surface area (TPSA) is 48.1 Å². The Balaban J connectivity index is 4.70. The molecule has 0 radical (unpaired) electrons. The van der Waals surface area contributed by atoms with Crippen LogP contribution < -0.4 is 21.3 Å². The van der Waals surface area contributed by atoms with E-state index >= 15 is 0 Å². The highest BCUT2D eigenvalue weighted by atomic mass is 15.0. The van der Waals surface area contributed by atoms with Crippen molar-refractivity contribution in [3.05, 3.63) is 0 Å². The third-order valence-electron chi connectivity index (χ3n) is 14.7. The Morgan fingerprint density at radius 3 is 0.625 bits per heavy atom. The lowest BCUT2D eigenvalue weighted by molar-refractivity contribution is 0.236. The van der Waals surface area contributed by atoms with Crippen LogP contribution in [0.2, 0.25) is 0 Å². The Labute approximate surface area is 406 Å². The first-order valence-electron chi connectivity index (χ1n) is 30.6. The summed E-state index contributed by atoms with van der Waals surface area (Å²) in [7, 11) is 0. The van der Waals surface area contributed by atoms with Gasteiger partial charge in [0, 0.05) is 44.8 Å². The van der Waals surface area contributed by atoms with Crippen molar-refractivity contribution >= 4 is 0 Å². The number of rotatable bonds is 59. The molecule has 0 fully saturated rings. The van der Waals surface area contributed by atoms with Gasteiger partial charge in [-0.2, -0.15) is 0 Å². The molecular weight excluding hydrogens is 777 g/mol. The monoisotopic (exact) mass is 903 g/mol. The highest BCUT2D eigenvalue weighted by Gasteiger charge is 2.28. The van der Waals surface area contributed by atoms with E-state index in [1.54, 1.807) is 0 Å². The van der Waals surface area contributed by atoms with Gasteiger partial charge in [0.15, 0.2) is 0 Å². The van der Waals surface area contributed by atoms with Gasteiger partial charge in [-0.15, -0.1) is 0 Å². The lowest BCUT2D eigenvalue weighted by Crippen LogP contribution is -2.48. The predicted octanol–water partition coefficient (Wildman–Crippen LogP) is 18.9. The molecule has 0 aliphatic rings. The van der Waals surface area contributed by atoms with Crippen molar-refractivity contribution in [3.8, 4) is 0 Å². The van der Waals surface area contributed by atoms with Crippen molar-refractivity contribution in [1.29, 1.82) is 0 Å². The van der Waals surface area contributed by atoms with Crippen molar-refractivity contribution in [3.63, 3.8) is 0 Å². The molecule has 0 aromatic rings. The Morgan fingerprint density at radius 2 is 0.375 bits per heavy atom. The van der Waals surface area contributed by atoms with Crippen LogP contribution in [0.1, 0.15) is 336 Å². The van der Waals surface area contributed by atoms with Crippen LogP contribution in [-0.2, 0) is 0 Å². The van der Waals surface area contributed by atoms with Crippen LogP contribution in [0, 0.1) is 0 Å². The third kappa shape index (κ3) is 51.2. The molecule has 0 unspecified atom stereocenters. The van der Waals surface area contributed by atoms with Crippen LogP contribution in [0.25, 0.3) is 0 Å². The summed E-state index contributed by atoms with van der Waals surface area (Å²) in [6.07, 6.45) is 68.9. The smallest absolute Gasteiger partial charge is 0.0182 e. The highest BCUT2D eigenvalue weighted by Crippen LogP contribution is 2.30. The molecule has 0 aromatic heterocycles.